The predicted octanol–water partition coefficient (Wildman–Crippen LogP) is 2.81. The zero-order chi connectivity index (χ0) is 21.2. The Kier molecular flexibility index (Phi) is 8.81. The number of anilines is 2. The van der Waals surface area contributed by atoms with Crippen molar-refractivity contribution in [1.29, 1.82) is 0 Å². The second-order valence-electron chi connectivity index (χ2n) is 7.09. The van der Waals surface area contributed by atoms with Crippen LogP contribution in [-0.2, 0) is 11.5 Å². The van der Waals surface area contributed by atoms with Gasteiger partial charge in [0, 0.05) is 13.1 Å². The molecule has 0 aliphatic heterocycles. The molecule has 1 fully saturated rings. The van der Waals surface area contributed by atoms with E-state index in [4.69, 9.17) is 5.11 Å². The summed E-state index contributed by atoms with van der Waals surface area (Å²) in [5, 5.41) is 13.8. The predicted molar refractivity (Wildman–Crippen MR) is 103 cm³/mol. The minimum Gasteiger partial charge on any atom is -0.465 e. The monoisotopic (exact) mass is 414 g/mol. The first kappa shape index (κ1) is 22.6. The molecule has 29 heavy (non-hydrogen) atoms. The van der Waals surface area contributed by atoms with Crippen molar-refractivity contribution in [2.75, 3.05) is 23.8 Å². The quantitative estimate of drug-likeness (QED) is 0.352. The fourth-order valence-electron chi connectivity index (χ4n) is 3.36. The van der Waals surface area contributed by atoms with Crippen LogP contribution < -0.4 is 21.5 Å². The van der Waals surface area contributed by atoms with Crippen molar-refractivity contribution in [3.8, 4) is 0 Å². The Labute approximate surface area is 168 Å². The molecular formula is C18H28F2N6O3. The smallest absolute Gasteiger partial charge is 0.404 e. The molecule has 1 heterocycles. The first-order chi connectivity index (χ1) is 13.9. The molecule has 1 aromatic heterocycles. The van der Waals surface area contributed by atoms with Gasteiger partial charge in [0.25, 0.3) is 0 Å². The summed E-state index contributed by atoms with van der Waals surface area (Å²) in [5.41, 5.74) is 4.76. The Balaban J connectivity index is 2.05. The van der Waals surface area contributed by atoms with E-state index in [9.17, 15) is 18.4 Å². The van der Waals surface area contributed by atoms with E-state index in [1.54, 1.807) is 0 Å². The van der Waals surface area contributed by atoms with Gasteiger partial charge in [-0.15, -0.1) is 0 Å². The summed E-state index contributed by atoms with van der Waals surface area (Å²) in [4.78, 5) is 30.9. The van der Waals surface area contributed by atoms with E-state index in [0.29, 0.717) is 25.3 Å². The van der Waals surface area contributed by atoms with E-state index in [0.717, 1.165) is 25.7 Å². The molecule has 1 aliphatic rings. The second kappa shape index (κ2) is 11.3. The van der Waals surface area contributed by atoms with Gasteiger partial charge in [-0.3, -0.25) is 15.6 Å². The third-order valence-corrected chi connectivity index (χ3v) is 4.83. The molecule has 11 heteroatoms. The lowest BCUT2D eigenvalue weighted by Gasteiger charge is -2.20. The maximum Gasteiger partial charge on any atom is 0.404 e. The molecule has 9 nitrogen and oxygen atoms in total. The summed E-state index contributed by atoms with van der Waals surface area (Å²) in [5.74, 6) is -2.34. The Morgan fingerprint density at radius 3 is 2.55 bits per heavy atom. The average Bonchev–Trinajstić information content (AvgIpc) is 3.22. The highest BCUT2D eigenvalue weighted by molar-refractivity contribution is 5.80. The van der Waals surface area contributed by atoms with Crippen LogP contribution in [0.2, 0.25) is 0 Å². The van der Waals surface area contributed by atoms with Gasteiger partial charge in [-0.25, -0.2) is 19.2 Å². The summed E-state index contributed by atoms with van der Waals surface area (Å²) >= 11 is 0. The van der Waals surface area contributed by atoms with Crippen LogP contribution in [-0.4, -0.2) is 40.2 Å². The molecule has 2 rings (SSSR count). The number of hydrogen-bond acceptors (Lipinski definition) is 6. The largest absolute Gasteiger partial charge is 0.465 e. The number of rotatable bonds is 11. The van der Waals surface area contributed by atoms with E-state index in [-0.39, 0.29) is 24.0 Å². The van der Waals surface area contributed by atoms with Crippen LogP contribution in [0.4, 0.5) is 25.2 Å². The number of nitrogens with zero attached hydrogens (tertiary/aromatic N) is 2. The maximum absolute atomic E-state index is 14.5. The molecule has 0 aromatic carbocycles. The number of halogens is 2. The minimum atomic E-state index is -1.22. The van der Waals surface area contributed by atoms with Crippen LogP contribution in [0.3, 0.4) is 0 Å². The Morgan fingerprint density at radius 1 is 1.24 bits per heavy atom. The standard InChI is InChI=1S/C18H28F2N6O3/c1-2-7-21-15-14(20)16(24-13(9-19)23-15)25-26-17(27)12(10-22-18(28)29)8-11-5-3-4-6-11/h11-12,22H,2-10H2,1H3,(H,26,27)(H,28,29)(H2,21,23,24,25)/t12-/m1/s1. The van der Waals surface area contributed by atoms with Crippen LogP contribution >= 0.6 is 0 Å². The molecule has 0 saturated heterocycles. The highest BCUT2D eigenvalue weighted by Crippen LogP contribution is 2.30. The normalized spacial score (nSPS) is 15.0. The number of carboxylic acid groups (broad SMARTS) is 1. The van der Waals surface area contributed by atoms with Gasteiger partial charge in [0.05, 0.1) is 5.92 Å². The zero-order valence-electron chi connectivity index (χ0n) is 16.4. The summed E-state index contributed by atoms with van der Waals surface area (Å²) < 4.78 is 27.5. The lowest BCUT2D eigenvalue weighted by Crippen LogP contribution is -2.42. The van der Waals surface area contributed by atoms with Gasteiger partial charge in [-0.2, -0.15) is 4.39 Å². The zero-order valence-corrected chi connectivity index (χ0v) is 16.4. The minimum absolute atomic E-state index is 0.0510. The van der Waals surface area contributed by atoms with Crippen molar-refractivity contribution in [1.82, 2.24) is 20.7 Å². The summed E-state index contributed by atoms with van der Waals surface area (Å²) in [6.45, 7) is 1.29. The van der Waals surface area contributed by atoms with E-state index < -0.39 is 30.4 Å². The first-order valence-electron chi connectivity index (χ1n) is 9.83. The molecule has 5 N–H and O–H groups in total. The van der Waals surface area contributed by atoms with Crippen LogP contribution in [0.25, 0.3) is 0 Å². The Bertz CT molecular complexity index is 700. The summed E-state index contributed by atoms with van der Waals surface area (Å²) in [6, 6.07) is 0. The van der Waals surface area contributed by atoms with E-state index in [2.05, 4.69) is 31.5 Å². The van der Waals surface area contributed by atoms with Gasteiger partial charge >= 0.3 is 6.09 Å². The molecule has 2 amide bonds. The maximum atomic E-state index is 14.5. The highest BCUT2D eigenvalue weighted by Gasteiger charge is 2.26. The third kappa shape index (κ3) is 6.99. The lowest BCUT2D eigenvalue weighted by molar-refractivity contribution is -0.124. The SMILES string of the molecule is CCCNc1nc(CF)nc(NNC(=O)[C@@H](CNC(=O)O)CC2CCCC2)c1F. The number of nitrogens with one attached hydrogen (secondary N) is 4. The first-order valence-corrected chi connectivity index (χ1v) is 9.83. The molecule has 0 radical (unpaired) electrons. The summed E-state index contributed by atoms with van der Waals surface area (Å²) in [6.07, 6.45) is 4.20. The number of hydrogen-bond donors (Lipinski definition) is 5. The number of hydrazine groups is 1. The van der Waals surface area contributed by atoms with Gasteiger partial charge < -0.3 is 15.7 Å². The molecule has 0 bridgehead atoms. The van der Waals surface area contributed by atoms with Crippen LogP contribution in [0.1, 0.15) is 51.3 Å². The molecule has 1 atom stereocenters. The Morgan fingerprint density at radius 2 is 1.93 bits per heavy atom. The van der Waals surface area contributed by atoms with Gasteiger partial charge in [0.1, 0.15) is 6.67 Å². The van der Waals surface area contributed by atoms with E-state index in [1.165, 1.54) is 0 Å². The molecule has 0 spiro atoms. The second-order valence-corrected chi connectivity index (χ2v) is 7.09. The highest BCUT2D eigenvalue weighted by atomic mass is 19.1. The van der Waals surface area contributed by atoms with Crippen molar-refractivity contribution >= 4 is 23.6 Å². The lowest BCUT2D eigenvalue weighted by atomic mass is 9.92. The van der Waals surface area contributed by atoms with Gasteiger partial charge in [-0.05, 0) is 18.8 Å². The molecule has 1 saturated carbocycles. The van der Waals surface area contributed by atoms with E-state index in [1.807, 2.05) is 6.92 Å². The Hall–Kier alpha value is -2.72. The van der Waals surface area contributed by atoms with Crippen molar-refractivity contribution in [2.45, 2.75) is 52.1 Å². The number of carbonyl (C=O) groups is 2. The van der Waals surface area contributed by atoms with Crippen LogP contribution in [0.5, 0.6) is 0 Å². The van der Waals surface area contributed by atoms with Gasteiger partial charge in [-0.1, -0.05) is 32.6 Å². The van der Waals surface area contributed by atoms with E-state index >= 15 is 0 Å². The molecule has 0 unspecified atom stereocenters. The topological polar surface area (TPSA) is 128 Å². The van der Waals surface area contributed by atoms with Crippen LogP contribution in [0.15, 0.2) is 0 Å². The fourth-order valence-corrected chi connectivity index (χ4v) is 3.36. The molecule has 1 aromatic rings. The van der Waals surface area contributed by atoms with Crippen molar-refractivity contribution in [2.24, 2.45) is 11.8 Å². The van der Waals surface area contributed by atoms with Crippen molar-refractivity contribution < 1.29 is 23.5 Å². The number of alkyl halides is 1. The molecule has 1 aliphatic carbocycles. The summed E-state index contributed by atoms with van der Waals surface area (Å²) in [7, 11) is 0. The fraction of sp³-hybridized carbons (Fsp3) is 0.667. The van der Waals surface area contributed by atoms with Crippen LogP contribution in [0, 0.1) is 17.7 Å². The third-order valence-electron chi connectivity index (χ3n) is 4.83. The van der Waals surface area contributed by atoms with Crippen molar-refractivity contribution in [3.05, 3.63) is 11.6 Å². The molecule has 162 valence electrons. The molecular weight excluding hydrogens is 386 g/mol. The number of carbonyl (C=O) groups excluding carboxylic acids is 1. The van der Waals surface area contributed by atoms with Gasteiger partial charge in [0.2, 0.25) is 11.7 Å². The van der Waals surface area contributed by atoms with Gasteiger partial charge in [0.15, 0.2) is 17.5 Å². The number of amides is 2. The van der Waals surface area contributed by atoms with Crippen molar-refractivity contribution in [3.63, 3.8) is 0 Å². The number of aromatic nitrogens is 2. The average molecular weight is 414 g/mol.